The number of aryl methyl sites for hydroxylation is 1. The Balaban J connectivity index is 3.05. The van der Waals surface area contributed by atoms with Crippen molar-refractivity contribution in [1.29, 1.82) is 0 Å². The minimum absolute atomic E-state index is 0.0529. The number of rotatable bonds is 5. The highest BCUT2D eigenvalue weighted by Gasteiger charge is 2.27. The predicted molar refractivity (Wildman–Crippen MR) is 66.8 cm³/mol. The average Bonchev–Trinajstić information content (AvgIpc) is 2.71. The van der Waals surface area contributed by atoms with Crippen molar-refractivity contribution in [2.45, 2.75) is 17.4 Å². The van der Waals surface area contributed by atoms with Crippen LogP contribution in [-0.2, 0) is 17.1 Å². The van der Waals surface area contributed by atoms with Crippen LogP contribution >= 0.6 is 0 Å². The van der Waals surface area contributed by atoms with Crippen molar-refractivity contribution in [3.8, 4) is 0 Å². The second-order valence-electron chi connectivity index (χ2n) is 4.55. The van der Waals surface area contributed by atoms with Crippen LogP contribution in [0.15, 0.2) is 17.2 Å². The van der Waals surface area contributed by atoms with Crippen LogP contribution in [0.5, 0.6) is 0 Å². The molecule has 1 rings (SSSR count). The molecule has 19 heavy (non-hydrogen) atoms. The summed E-state index contributed by atoms with van der Waals surface area (Å²) in [5, 5.41) is 25.6. The molecule has 0 fully saturated rings. The fourth-order valence-electron chi connectivity index (χ4n) is 1.38. The number of hydrogen-bond acceptors (Lipinski definition) is 5. The Morgan fingerprint density at radius 3 is 2.37 bits per heavy atom. The van der Waals surface area contributed by atoms with E-state index < -0.39 is 34.7 Å². The van der Waals surface area contributed by atoms with Gasteiger partial charge in [-0.25, -0.2) is 13.6 Å². The Bertz CT molecular complexity index is 574. The van der Waals surface area contributed by atoms with Crippen LogP contribution in [0, 0.1) is 0 Å². The molecule has 0 radical (unpaired) electrons. The molecule has 0 aliphatic carbocycles. The third kappa shape index (κ3) is 3.53. The molecule has 0 aliphatic rings. The second-order valence-corrected chi connectivity index (χ2v) is 6.11. The first-order valence-electron chi connectivity index (χ1n) is 5.36. The van der Waals surface area contributed by atoms with Crippen molar-refractivity contribution in [3.05, 3.63) is 18.0 Å². The van der Waals surface area contributed by atoms with E-state index in [1.54, 1.807) is 0 Å². The second kappa shape index (κ2) is 5.29. The Kier molecular flexibility index (Phi) is 4.35. The minimum Gasteiger partial charge on any atom is -0.394 e. The summed E-state index contributed by atoms with van der Waals surface area (Å²) in [4.78, 5) is 11.8. The van der Waals surface area contributed by atoms with Crippen LogP contribution in [0.4, 0.5) is 0 Å². The lowest BCUT2D eigenvalue weighted by molar-refractivity contribution is 0.0717. The van der Waals surface area contributed by atoms with Crippen LogP contribution in [-0.4, -0.2) is 47.9 Å². The number of nitrogens with zero attached hydrogens (tertiary/aromatic N) is 1. The van der Waals surface area contributed by atoms with E-state index in [0.717, 1.165) is 6.07 Å². The van der Waals surface area contributed by atoms with Crippen molar-refractivity contribution in [1.82, 2.24) is 9.88 Å². The van der Waals surface area contributed by atoms with Crippen LogP contribution < -0.4 is 10.5 Å². The molecule has 1 amide bonds. The van der Waals surface area contributed by atoms with Gasteiger partial charge in [0.05, 0.1) is 18.8 Å². The maximum Gasteiger partial charge on any atom is 0.268 e. The van der Waals surface area contributed by atoms with Gasteiger partial charge in [0.15, 0.2) is 0 Å². The fraction of sp³-hybridized carbons (Fsp3) is 0.500. The topological polar surface area (TPSA) is 135 Å². The molecule has 1 heterocycles. The number of primary sulfonamides is 1. The Morgan fingerprint density at radius 1 is 1.47 bits per heavy atom. The standard InChI is InChI=1S/C10H17N3O5S/c1-10(5-14,6-15)12-9(16)8-3-7(4-13(8)2)19(11,17)18/h3-4,14-15H,5-6H2,1-2H3,(H,12,16)(H2,11,17,18). The molecule has 0 aliphatic heterocycles. The summed E-state index contributed by atoms with van der Waals surface area (Å²) >= 11 is 0. The van der Waals surface area contributed by atoms with Gasteiger partial charge in [-0.1, -0.05) is 0 Å². The van der Waals surface area contributed by atoms with Gasteiger partial charge in [0.2, 0.25) is 10.0 Å². The summed E-state index contributed by atoms with van der Waals surface area (Å²) in [5.41, 5.74) is -1.14. The molecular formula is C10H17N3O5S. The zero-order valence-corrected chi connectivity index (χ0v) is 11.4. The molecule has 0 aromatic carbocycles. The van der Waals surface area contributed by atoms with Gasteiger partial charge in [0.25, 0.3) is 5.91 Å². The SMILES string of the molecule is Cn1cc(S(N)(=O)=O)cc1C(=O)NC(C)(CO)CO. The number of aliphatic hydroxyl groups is 2. The van der Waals surface area contributed by atoms with Crippen LogP contribution in [0.1, 0.15) is 17.4 Å². The quantitative estimate of drug-likeness (QED) is 0.505. The summed E-state index contributed by atoms with van der Waals surface area (Å²) in [6, 6.07) is 1.12. The van der Waals surface area contributed by atoms with Gasteiger partial charge in [0, 0.05) is 13.2 Å². The summed E-state index contributed by atoms with van der Waals surface area (Å²) < 4.78 is 23.6. The number of nitrogens with one attached hydrogen (secondary N) is 1. The Hall–Kier alpha value is -1.42. The maximum atomic E-state index is 11.9. The lowest BCUT2D eigenvalue weighted by Crippen LogP contribution is -2.52. The molecule has 0 unspecified atom stereocenters. The van der Waals surface area contributed by atoms with Gasteiger partial charge in [-0.05, 0) is 13.0 Å². The van der Waals surface area contributed by atoms with E-state index in [-0.39, 0.29) is 10.6 Å². The maximum absolute atomic E-state index is 11.9. The number of sulfonamides is 1. The van der Waals surface area contributed by atoms with Crippen LogP contribution in [0.2, 0.25) is 0 Å². The predicted octanol–water partition coefficient (Wildman–Crippen LogP) is -1.85. The number of hydrogen-bond donors (Lipinski definition) is 4. The van der Waals surface area contributed by atoms with E-state index in [4.69, 9.17) is 15.4 Å². The monoisotopic (exact) mass is 291 g/mol. The van der Waals surface area contributed by atoms with Crippen molar-refractivity contribution in [2.24, 2.45) is 12.2 Å². The van der Waals surface area contributed by atoms with Crippen molar-refractivity contribution in [2.75, 3.05) is 13.2 Å². The molecule has 0 saturated heterocycles. The molecule has 108 valence electrons. The first-order valence-corrected chi connectivity index (χ1v) is 6.91. The molecule has 0 saturated carbocycles. The van der Waals surface area contributed by atoms with Gasteiger partial charge in [-0.15, -0.1) is 0 Å². The Labute approximate surface area is 110 Å². The zero-order valence-electron chi connectivity index (χ0n) is 10.6. The van der Waals surface area contributed by atoms with Gasteiger partial charge < -0.3 is 20.1 Å². The summed E-state index contributed by atoms with van der Waals surface area (Å²) in [6.45, 7) is 0.540. The molecule has 0 spiro atoms. The first kappa shape index (κ1) is 15.6. The lowest BCUT2D eigenvalue weighted by atomic mass is 10.1. The molecule has 0 bridgehead atoms. The minimum atomic E-state index is -3.89. The number of amides is 1. The molecule has 8 nitrogen and oxygen atoms in total. The summed E-state index contributed by atoms with van der Waals surface area (Å²) in [7, 11) is -2.41. The third-order valence-electron chi connectivity index (χ3n) is 2.65. The number of carbonyl (C=O) groups is 1. The van der Waals surface area contributed by atoms with E-state index in [0.29, 0.717) is 0 Å². The molecule has 0 atom stereocenters. The van der Waals surface area contributed by atoms with Crippen LogP contribution in [0.3, 0.4) is 0 Å². The van der Waals surface area contributed by atoms with E-state index in [2.05, 4.69) is 5.32 Å². The molecule has 1 aromatic rings. The summed E-state index contributed by atoms with van der Waals surface area (Å²) in [5.74, 6) is -0.622. The van der Waals surface area contributed by atoms with Gasteiger partial charge in [0.1, 0.15) is 10.6 Å². The van der Waals surface area contributed by atoms with Gasteiger partial charge >= 0.3 is 0 Å². The van der Waals surface area contributed by atoms with E-state index >= 15 is 0 Å². The normalized spacial score (nSPS) is 12.5. The smallest absolute Gasteiger partial charge is 0.268 e. The van der Waals surface area contributed by atoms with Gasteiger partial charge in [-0.3, -0.25) is 4.79 Å². The summed E-state index contributed by atoms with van der Waals surface area (Å²) in [6.07, 6.45) is 1.21. The van der Waals surface area contributed by atoms with E-state index in [9.17, 15) is 13.2 Å². The lowest BCUT2D eigenvalue weighted by Gasteiger charge is -2.26. The molecular weight excluding hydrogens is 274 g/mol. The van der Waals surface area contributed by atoms with Gasteiger partial charge in [-0.2, -0.15) is 0 Å². The highest BCUT2D eigenvalue weighted by molar-refractivity contribution is 7.89. The first-order chi connectivity index (χ1) is 8.63. The third-order valence-corrected chi connectivity index (χ3v) is 3.53. The average molecular weight is 291 g/mol. The molecule has 5 N–H and O–H groups in total. The van der Waals surface area contributed by atoms with E-state index in [1.807, 2.05) is 0 Å². The number of aliphatic hydroxyl groups excluding tert-OH is 2. The van der Waals surface area contributed by atoms with E-state index in [1.165, 1.54) is 24.7 Å². The molecule has 1 aromatic heterocycles. The number of aromatic nitrogens is 1. The highest BCUT2D eigenvalue weighted by Crippen LogP contribution is 2.13. The fourth-order valence-corrected chi connectivity index (χ4v) is 1.96. The largest absolute Gasteiger partial charge is 0.394 e. The van der Waals surface area contributed by atoms with Crippen molar-refractivity contribution < 1.29 is 23.4 Å². The van der Waals surface area contributed by atoms with Crippen LogP contribution in [0.25, 0.3) is 0 Å². The molecule has 9 heteroatoms. The number of carbonyl (C=O) groups excluding carboxylic acids is 1. The number of nitrogens with two attached hydrogens (primary N) is 1. The highest BCUT2D eigenvalue weighted by atomic mass is 32.2. The zero-order chi connectivity index (χ0) is 14.8. The van der Waals surface area contributed by atoms with Crippen molar-refractivity contribution in [3.63, 3.8) is 0 Å². The Morgan fingerprint density at radius 2 is 2.00 bits per heavy atom. The van der Waals surface area contributed by atoms with Crippen molar-refractivity contribution >= 4 is 15.9 Å².